The van der Waals surface area contributed by atoms with Gasteiger partial charge >= 0.3 is 0 Å². The predicted octanol–water partition coefficient (Wildman–Crippen LogP) is 1.42. The number of aryl methyl sites for hydroxylation is 1. The van der Waals surface area contributed by atoms with E-state index in [1.807, 2.05) is 0 Å². The second-order valence-electron chi connectivity index (χ2n) is 5.33. The summed E-state index contributed by atoms with van der Waals surface area (Å²) < 4.78 is 0. The van der Waals surface area contributed by atoms with Crippen molar-refractivity contribution < 1.29 is 4.79 Å². The van der Waals surface area contributed by atoms with Gasteiger partial charge in [-0.3, -0.25) is 9.89 Å². The summed E-state index contributed by atoms with van der Waals surface area (Å²) in [5.41, 5.74) is 7.30. The van der Waals surface area contributed by atoms with Gasteiger partial charge in [-0.05, 0) is 12.3 Å². The van der Waals surface area contributed by atoms with Gasteiger partial charge in [0.05, 0.1) is 11.4 Å². The van der Waals surface area contributed by atoms with Gasteiger partial charge in [0.25, 0.3) is 5.91 Å². The van der Waals surface area contributed by atoms with Crippen LogP contribution in [0.5, 0.6) is 0 Å². The molecule has 0 saturated carbocycles. The van der Waals surface area contributed by atoms with E-state index in [2.05, 4.69) is 31.0 Å². The van der Waals surface area contributed by atoms with Crippen molar-refractivity contribution in [1.29, 1.82) is 0 Å². The van der Waals surface area contributed by atoms with Crippen molar-refractivity contribution in [2.75, 3.05) is 19.3 Å². The Morgan fingerprint density at radius 2 is 2.06 bits per heavy atom. The SMILES string of the molecule is Cc1[nH]nc(C(=O)N(C)CC(C)(C)C)c1N. The number of carbonyl (C=O) groups is 1. The molecule has 0 aliphatic carbocycles. The van der Waals surface area contributed by atoms with Gasteiger partial charge in [-0.2, -0.15) is 5.10 Å². The van der Waals surface area contributed by atoms with Gasteiger partial charge in [0.2, 0.25) is 0 Å². The van der Waals surface area contributed by atoms with E-state index in [4.69, 9.17) is 5.73 Å². The summed E-state index contributed by atoms with van der Waals surface area (Å²) in [5.74, 6) is -0.142. The molecule has 5 heteroatoms. The van der Waals surface area contributed by atoms with Gasteiger partial charge in [0.15, 0.2) is 5.69 Å². The number of nitrogens with zero attached hydrogens (tertiary/aromatic N) is 2. The average Bonchev–Trinajstić information content (AvgIpc) is 2.44. The Hall–Kier alpha value is -1.52. The highest BCUT2D eigenvalue weighted by molar-refractivity contribution is 5.97. The van der Waals surface area contributed by atoms with E-state index >= 15 is 0 Å². The van der Waals surface area contributed by atoms with Gasteiger partial charge in [-0.1, -0.05) is 20.8 Å². The Balaban J connectivity index is 2.83. The molecular weight excluding hydrogens is 204 g/mol. The summed E-state index contributed by atoms with van der Waals surface area (Å²) in [4.78, 5) is 13.7. The number of hydrogen-bond acceptors (Lipinski definition) is 3. The maximum Gasteiger partial charge on any atom is 0.276 e. The number of carbonyl (C=O) groups excluding carboxylic acids is 1. The fourth-order valence-electron chi connectivity index (χ4n) is 1.56. The summed E-state index contributed by atoms with van der Waals surface area (Å²) in [6.45, 7) is 8.70. The molecule has 0 bridgehead atoms. The third-order valence-corrected chi connectivity index (χ3v) is 2.26. The molecule has 0 unspecified atom stereocenters. The van der Waals surface area contributed by atoms with Crippen molar-refractivity contribution >= 4 is 11.6 Å². The van der Waals surface area contributed by atoms with Crippen LogP contribution in [0.15, 0.2) is 0 Å². The van der Waals surface area contributed by atoms with Crippen LogP contribution >= 0.6 is 0 Å². The Labute approximate surface area is 96.0 Å². The smallest absolute Gasteiger partial charge is 0.276 e. The maximum atomic E-state index is 12.0. The van der Waals surface area contributed by atoms with E-state index in [1.54, 1.807) is 18.9 Å². The first-order chi connectivity index (χ1) is 7.22. The number of hydrogen-bond donors (Lipinski definition) is 2. The molecule has 90 valence electrons. The van der Waals surface area contributed by atoms with E-state index in [-0.39, 0.29) is 11.3 Å². The van der Waals surface area contributed by atoms with E-state index in [0.717, 1.165) is 5.69 Å². The number of anilines is 1. The third kappa shape index (κ3) is 2.74. The molecule has 1 heterocycles. The predicted molar refractivity (Wildman–Crippen MR) is 64.2 cm³/mol. The lowest BCUT2D eigenvalue weighted by molar-refractivity contribution is 0.0741. The average molecular weight is 224 g/mol. The molecule has 1 rings (SSSR count). The normalized spacial score (nSPS) is 11.6. The standard InChI is InChI=1S/C11H20N4O/c1-7-8(12)9(14-13-7)10(16)15(5)6-11(2,3)4/h6,12H2,1-5H3,(H,13,14). The molecule has 1 aromatic heterocycles. The summed E-state index contributed by atoms with van der Waals surface area (Å²) >= 11 is 0. The fourth-order valence-corrected chi connectivity index (χ4v) is 1.56. The van der Waals surface area contributed by atoms with Crippen LogP contribution in [0.25, 0.3) is 0 Å². The molecule has 1 amide bonds. The number of amides is 1. The summed E-state index contributed by atoms with van der Waals surface area (Å²) in [7, 11) is 1.76. The Bertz CT molecular complexity index is 389. The highest BCUT2D eigenvalue weighted by Crippen LogP contribution is 2.18. The molecule has 3 N–H and O–H groups in total. The minimum absolute atomic E-state index is 0.0600. The number of nitrogens with one attached hydrogen (secondary N) is 1. The van der Waals surface area contributed by atoms with Crippen LogP contribution in [0.4, 0.5) is 5.69 Å². The van der Waals surface area contributed by atoms with E-state index in [9.17, 15) is 4.79 Å². The van der Waals surface area contributed by atoms with Gasteiger partial charge in [0, 0.05) is 13.6 Å². The Morgan fingerprint density at radius 3 is 2.44 bits per heavy atom. The minimum Gasteiger partial charge on any atom is -0.395 e. The van der Waals surface area contributed by atoms with E-state index < -0.39 is 0 Å². The van der Waals surface area contributed by atoms with Crippen molar-refractivity contribution in [1.82, 2.24) is 15.1 Å². The second kappa shape index (κ2) is 4.15. The summed E-state index contributed by atoms with van der Waals surface area (Å²) in [5, 5.41) is 6.64. The molecule has 0 aromatic carbocycles. The van der Waals surface area contributed by atoms with Crippen LogP contribution in [-0.2, 0) is 0 Å². The first kappa shape index (κ1) is 12.5. The van der Waals surface area contributed by atoms with Crippen molar-refractivity contribution in [3.05, 3.63) is 11.4 Å². The van der Waals surface area contributed by atoms with Crippen LogP contribution in [0.2, 0.25) is 0 Å². The summed E-state index contributed by atoms with van der Waals surface area (Å²) in [6.07, 6.45) is 0. The Morgan fingerprint density at radius 1 is 1.50 bits per heavy atom. The van der Waals surface area contributed by atoms with E-state index in [1.165, 1.54) is 0 Å². The monoisotopic (exact) mass is 224 g/mol. The zero-order valence-electron chi connectivity index (χ0n) is 10.6. The van der Waals surface area contributed by atoms with Gasteiger partial charge < -0.3 is 10.6 Å². The van der Waals surface area contributed by atoms with Crippen LogP contribution in [0.3, 0.4) is 0 Å². The lowest BCUT2D eigenvalue weighted by Crippen LogP contribution is -2.35. The number of nitrogens with two attached hydrogens (primary N) is 1. The highest BCUT2D eigenvalue weighted by atomic mass is 16.2. The quantitative estimate of drug-likeness (QED) is 0.797. The van der Waals surface area contributed by atoms with Crippen LogP contribution in [0.1, 0.15) is 37.0 Å². The van der Waals surface area contributed by atoms with Crippen LogP contribution < -0.4 is 5.73 Å². The highest BCUT2D eigenvalue weighted by Gasteiger charge is 2.22. The molecule has 0 radical (unpaired) electrons. The van der Waals surface area contributed by atoms with Crippen molar-refractivity contribution in [3.8, 4) is 0 Å². The van der Waals surface area contributed by atoms with Gasteiger partial charge in [-0.25, -0.2) is 0 Å². The zero-order valence-corrected chi connectivity index (χ0v) is 10.6. The number of nitrogen functional groups attached to an aromatic ring is 1. The van der Waals surface area contributed by atoms with Crippen molar-refractivity contribution in [2.45, 2.75) is 27.7 Å². The summed E-state index contributed by atoms with van der Waals surface area (Å²) in [6, 6.07) is 0. The molecule has 16 heavy (non-hydrogen) atoms. The van der Waals surface area contributed by atoms with Crippen LogP contribution in [0, 0.1) is 12.3 Å². The zero-order chi connectivity index (χ0) is 12.5. The third-order valence-electron chi connectivity index (χ3n) is 2.26. The van der Waals surface area contributed by atoms with Crippen molar-refractivity contribution in [2.24, 2.45) is 5.41 Å². The second-order valence-corrected chi connectivity index (χ2v) is 5.33. The molecule has 0 atom stereocenters. The lowest BCUT2D eigenvalue weighted by Gasteiger charge is -2.26. The molecule has 0 aliphatic rings. The molecular formula is C11H20N4O. The number of aromatic amines is 1. The number of rotatable bonds is 2. The maximum absolute atomic E-state index is 12.0. The van der Waals surface area contributed by atoms with Crippen molar-refractivity contribution in [3.63, 3.8) is 0 Å². The Kier molecular flexibility index (Phi) is 3.26. The van der Waals surface area contributed by atoms with Crippen LogP contribution in [-0.4, -0.2) is 34.6 Å². The topological polar surface area (TPSA) is 75.0 Å². The lowest BCUT2D eigenvalue weighted by atomic mass is 9.96. The molecule has 0 spiro atoms. The molecule has 5 nitrogen and oxygen atoms in total. The first-order valence-corrected chi connectivity index (χ1v) is 5.28. The molecule has 0 saturated heterocycles. The molecule has 0 fully saturated rings. The van der Waals surface area contributed by atoms with Gasteiger partial charge in [0.1, 0.15) is 0 Å². The first-order valence-electron chi connectivity index (χ1n) is 5.28. The molecule has 1 aromatic rings. The van der Waals surface area contributed by atoms with E-state index in [0.29, 0.717) is 17.9 Å². The largest absolute Gasteiger partial charge is 0.395 e. The number of H-pyrrole nitrogens is 1. The molecule has 0 aliphatic heterocycles. The minimum atomic E-state index is -0.142. The fraction of sp³-hybridized carbons (Fsp3) is 0.636. The number of aromatic nitrogens is 2. The van der Waals surface area contributed by atoms with Gasteiger partial charge in [-0.15, -0.1) is 0 Å².